The molecule has 3 rings (SSSR count). The Morgan fingerprint density at radius 2 is 1.70 bits per heavy atom. The Morgan fingerprint density at radius 3 is 2.33 bits per heavy atom. The van der Waals surface area contributed by atoms with E-state index in [1.807, 2.05) is 48.5 Å². The van der Waals surface area contributed by atoms with Crippen molar-refractivity contribution in [2.75, 3.05) is 6.61 Å². The molecule has 3 N–H and O–H groups in total. The monoisotopic (exact) mass is 367 g/mol. The maximum absolute atomic E-state index is 12.5. The van der Waals surface area contributed by atoms with Crippen LogP contribution in [0.3, 0.4) is 0 Å². The van der Waals surface area contributed by atoms with E-state index in [1.165, 1.54) is 0 Å². The van der Waals surface area contributed by atoms with Gasteiger partial charge in [-0.1, -0.05) is 60.7 Å². The fourth-order valence-electron chi connectivity index (χ4n) is 2.99. The van der Waals surface area contributed by atoms with Crippen molar-refractivity contribution in [3.8, 4) is 0 Å². The Hall–Kier alpha value is -3.19. The van der Waals surface area contributed by atoms with Gasteiger partial charge in [-0.05, 0) is 11.1 Å². The molecule has 0 bridgehead atoms. The molecule has 0 aromatic heterocycles. The Bertz CT molecular complexity index is 810. The van der Waals surface area contributed by atoms with Gasteiger partial charge < -0.3 is 15.7 Å². The van der Waals surface area contributed by atoms with E-state index in [0.717, 1.165) is 16.0 Å². The second-order valence-corrected chi connectivity index (χ2v) is 6.33. The van der Waals surface area contributed by atoms with E-state index in [2.05, 4.69) is 10.6 Å². The van der Waals surface area contributed by atoms with E-state index in [4.69, 9.17) is 0 Å². The van der Waals surface area contributed by atoms with E-state index in [9.17, 15) is 19.5 Å². The Labute approximate surface area is 157 Å². The minimum Gasteiger partial charge on any atom is -0.394 e. The summed E-state index contributed by atoms with van der Waals surface area (Å²) in [4.78, 5) is 38.0. The Balaban J connectivity index is 1.59. The van der Waals surface area contributed by atoms with Gasteiger partial charge in [0.1, 0.15) is 6.04 Å². The number of nitrogens with zero attached hydrogens (tertiary/aromatic N) is 1. The number of nitrogens with one attached hydrogen (secondary N) is 2. The molecule has 1 aliphatic rings. The van der Waals surface area contributed by atoms with Crippen molar-refractivity contribution in [2.24, 2.45) is 0 Å². The van der Waals surface area contributed by atoms with Gasteiger partial charge in [0, 0.05) is 0 Å². The molecule has 4 amide bonds. The van der Waals surface area contributed by atoms with Crippen molar-refractivity contribution < 1.29 is 19.5 Å². The lowest BCUT2D eigenvalue weighted by Gasteiger charge is -2.18. The molecule has 2 atom stereocenters. The number of carbonyl (C=O) groups is 3. The highest BCUT2D eigenvalue weighted by atomic mass is 16.3. The van der Waals surface area contributed by atoms with Gasteiger partial charge >= 0.3 is 6.03 Å². The first kappa shape index (κ1) is 18.6. The minimum atomic E-state index is -0.906. The number of hydrogen-bond acceptors (Lipinski definition) is 4. The summed E-state index contributed by atoms with van der Waals surface area (Å²) in [5, 5.41) is 14.8. The van der Waals surface area contributed by atoms with Crippen molar-refractivity contribution >= 4 is 17.8 Å². The van der Waals surface area contributed by atoms with Gasteiger partial charge in [0.2, 0.25) is 5.91 Å². The van der Waals surface area contributed by atoms with Crippen LogP contribution < -0.4 is 10.6 Å². The van der Waals surface area contributed by atoms with Crippen molar-refractivity contribution in [3.63, 3.8) is 0 Å². The summed E-state index contributed by atoms with van der Waals surface area (Å²) in [6.45, 7) is -0.103. The van der Waals surface area contributed by atoms with Gasteiger partial charge in [-0.15, -0.1) is 0 Å². The summed E-state index contributed by atoms with van der Waals surface area (Å²) >= 11 is 0. The van der Waals surface area contributed by atoms with Crippen LogP contribution in [-0.4, -0.2) is 40.5 Å². The quantitative estimate of drug-likeness (QED) is 0.643. The lowest BCUT2D eigenvalue weighted by Crippen LogP contribution is -2.38. The molecule has 0 saturated carbocycles. The predicted molar refractivity (Wildman–Crippen MR) is 98.3 cm³/mol. The number of amides is 4. The van der Waals surface area contributed by atoms with Crippen LogP contribution in [0.1, 0.15) is 23.6 Å². The van der Waals surface area contributed by atoms with Crippen LogP contribution in [0.25, 0.3) is 0 Å². The van der Waals surface area contributed by atoms with Crippen molar-refractivity contribution in [2.45, 2.75) is 25.0 Å². The van der Waals surface area contributed by atoms with E-state index < -0.39 is 29.9 Å². The normalized spacial score (nSPS) is 17.5. The second-order valence-electron chi connectivity index (χ2n) is 6.33. The van der Waals surface area contributed by atoms with Crippen LogP contribution in [0.5, 0.6) is 0 Å². The lowest BCUT2D eigenvalue weighted by molar-refractivity contribution is -0.131. The number of benzene rings is 2. The fraction of sp³-hybridized carbons (Fsp3) is 0.250. The summed E-state index contributed by atoms with van der Waals surface area (Å²) in [5.74, 6) is -0.850. The van der Waals surface area contributed by atoms with Gasteiger partial charge in [-0.3, -0.25) is 14.5 Å². The van der Waals surface area contributed by atoms with Crippen LogP contribution in [0.2, 0.25) is 0 Å². The van der Waals surface area contributed by atoms with Crippen molar-refractivity contribution in [3.05, 3.63) is 71.8 Å². The molecule has 0 radical (unpaired) electrons. The number of urea groups is 1. The summed E-state index contributed by atoms with van der Waals surface area (Å²) < 4.78 is 0. The standard InChI is InChI=1S/C20H21N3O4/c24-13-17(15-9-5-2-6-10-15)21-18(25)11-16-19(26)23(20(27)22-16)12-14-7-3-1-4-8-14/h1-10,16-17,24H,11-13H2,(H,21,25)(H,22,27)/t16-,17-/m0/s1. The van der Waals surface area contributed by atoms with Crippen LogP contribution in [-0.2, 0) is 16.1 Å². The lowest BCUT2D eigenvalue weighted by atomic mass is 10.1. The van der Waals surface area contributed by atoms with Gasteiger partial charge in [-0.2, -0.15) is 0 Å². The maximum atomic E-state index is 12.5. The predicted octanol–water partition coefficient (Wildman–Crippen LogP) is 1.35. The SMILES string of the molecule is O=C(C[C@@H]1NC(=O)N(Cc2ccccc2)C1=O)N[C@@H](CO)c1ccccc1. The topological polar surface area (TPSA) is 98.7 Å². The molecule has 2 aromatic carbocycles. The second kappa shape index (κ2) is 8.46. The van der Waals surface area contributed by atoms with Crippen molar-refractivity contribution in [1.29, 1.82) is 0 Å². The third-order valence-electron chi connectivity index (χ3n) is 4.40. The largest absolute Gasteiger partial charge is 0.394 e. The average Bonchev–Trinajstić information content (AvgIpc) is 2.95. The molecule has 1 aliphatic heterocycles. The molecule has 7 heteroatoms. The van der Waals surface area contributed by atoms with Gasteiger partial charge in [0.25, 0.3) is 5.91 Å². The third-order valence-corrected chi connectivity index (χ3v) is 4.40. The number of rotatable bonds is 7. The van der Waals surface area contributed by atoms with E-state index in [0.29, 0.717) is 0 Å². The average molecular weight is 367 g/mol. The molecule has 140 valence electrons. The van der Waals surface area contributed by atoms with Crippen LogP contribution in [0.15, 0.2) is 60.7 Å². The number of aliphatic hydroxyl groups excluding tert-OH is 1. The summed E-state index contributed by atoms with van der Waals surface area (Å²) in [6, 6.07) is 16.2. The first-order chi connectivity index (χ1) is 13.1. The molecule has 0 aliphatic carbocycles. The van der Waals surface area contributed by atoms with Crippen LogP contribution >= 0.6 is 0 Å². The van der Waals surface area contributed by atoms with Gasteiger partial charge in [0.15, 0.2) is 0 Å². The zero-order valence-corrected chi connectivity index (χ0v) is 14.7. The molecule has 0 unspecified atom stereocenters. The van der Waals surface area contributed by atoms with Crippen molar-refractivity contribution in [1.82, 2.24) is 15.5 Å². The molecule has 1 fully saturated rings. The molecule has 7 nitrogen and oxygen atoms in total. The molecule has 27 heavy (non-hydrogen) atoms. The first-order valence-electron chi connectivity index (χ1n) is 8.69. The zero-order valence-electron chi connectivity index (χ0n) is 14.7. The van der Waals surface area contributed by atoms with E-state index in [-0.39, 0.29) is 19.6 Å². The first-order valence-corrected chi connectivity index (χ1v) is 8.69. The minimum absolute atomic E-state index is 0.160. The number of hydrogen-bond donors (Lipinski definition) is 3. The van der Waals surface area contributed by atoms with Crippen LogP contribution in [0.4, 0.5) is 4.79 Å². The molecular weight excluding hydrogens is 346 g/mol. The number of imide groups is 1. The number of aliphatic hydroxyl groups is 1. The summed E-state index contributed by atoms with van der Waals surface area (Å²) in [7, 11) is 0. The number of carbonyl (C=O) groups excluding carboxylic acids is 3. The Kier molecular flexibility index (Phi) is 5.83. The van der Waals surface area contributed by atoms with Crippen LogP contribution in [0, 0.1) is 0 Å². The highest BCUT2D eigenvalue weighted by Gasteiger charge is 2.39. The molecule has 1 heterocycles. The Morgan fingerprint density at radius 1 is 1.07 bits per heavy atom. The zero-order chi connectivity index (χ0) is 19.2. The highest BCUT2D eigenvalue weighted by Crippen LogP contribution is 2.16. The van der Waals surface area contributed by atoms with Gasteiger partial charge in [0.05, 0.1) is 25.6 Å². The van der Waals surface area contributed by atoms with Gasteiger partial charge in [-0.25, -0.2) is 4.79 Å². The molecular formula is C20H21N3O4. The molecule has 0 spiro atoms. The highest BCUT2D eigenvalue weighted by molar-refractivity contribution is 6.05. The maximum Gasteiger partial charge on any atom is 0.325 e. The smallest absolute Gasteiger partial charge is 0.325 e. The third kappa shape index (κ3) is 4.51. The summed E-state index contributed by atoms with van der Waals surface area (Å²) in [5.41, 5.74) is 1.59. The molecule has 1 saturated heterocycles. The summed E-state index contributed by atoms with van der Waals surface area (Å²) in [6.07, 6.45) is -0.181. The fourth-order valence-corrected chi connectivity index (χ4v) is 2.99. The van der Waals surface area contributed by atoms with E-state index >= 15 is 0 Å². The van der Waals surface area contributed by atoms with E-state index in [1.54, 1.807) is 12.1 Å². The molecule has 2 aromatic rings.